The van der Waals surface area contributed by atoms with Gasteiger partial charge in [0.25, 0.3) is 0 Å². The predicted molar refractivity (Wildman–Crippen MR) is 69.9 cm³/mol. The molecule has 0 aliphatic carbocycles. The molecule has 1 aromatic carbocycles. The Bertz CT molecular complexity index is 534. The van der Waals surface area contributed by atoms with E-state index < -0.39 is 0 Å². The maximum absolute atomic E-state index is 14.0. The fourth-order valence-electron chi connectivity index (χ4n) is 2.14. The molecule has 0 spiro atoms. The molecule has 1 atom stereocenters. The molecule has 0 saturated carbocycles. The van der Waals surface area contributed by atoms with Crippen molar-refractivity contribution >= 4 is 0 Å². The van der Waals surface area contributed by atoms with Gasteiger partial charge in [-0.1, -0.05) is 12.1 Å². The minimum Gasteiger partial charge on any atom is -0.334 e. The smallest absolute Gasteiger partial charge is 0.130 e. The average molecular weight is 247 g/mol. The van der Waals surface area contributed by atoms with Crippen molar-refractivity contribution in [1.29, 1.82) is 0 Å². The summed E-state index contributed by atoms with van der Waals surface area (Å²) in [5.74, 6) is 0.641. The third-order valence-corrected chi connectivity index (χ3v) is 3.10. The Labute approximate surface area is 107 Å². The van der Waals surface area contributed by atoms with Gasteiger partial charge in [-0.05, 0) is 32.5 Å². The fraction of sp³-hybridized carbons (Fsp3) is 0.357. The number of aromatic nitrogens is 2. The van der Waals surface area contributed by atoms with E-state index >= 15 is 0 Å². The summed E-state index contributed by atoms with van der Waals surface area (Å²) in [6.45, 7) is 4.75. The van der Waals surface area contributed by atoms with Crippen molar-refractivity contribution in [2.45, 2.75) is 26.4 Å². The topological polar surface area (TPSA) is 29.9 Å². The van der Waals surface area contributed by atoms with Crippen LogP contribution in [0.1, 0.15) is 29.9 Å². The first-order valence-electron chi connectivity index (χ1n) is 6.11. The Kier molecular flexibility index (Phi) is 3.77. The Balaban J connectivity index is 2.45. The molecule has 0 fully saturated rings. The second-order valence-corrected chi connectivity index (χ2v) is 4.32. The molecule has 0 amide bonds. The van der Waals surface area contributed by atoms with E-state index in [4.69, 9.17) is 0 Å². The van der Waals surface area contributed by atoms with E-state index in [2.05, 4.69) is 10.3 Å². The van der Waals surface area contributed by atoms with Crippen LogP contribution in [0.5, 0.6) is 0 Å². The van der Waals surface area contributed by atoms with Crippen molar-refractivity contribution in [3.05, 3.63) is 53.4 Å². The predicted octanol–water partition coefficient (Wildman–Crippen LogP) is 2.66. The Morgan fingerprint density at radius 1 is 1.44 bits per heavy atom. The van der Waals surface area contributed by atoms with Crippen LogP contribution in [0.3, 0.4) is 0 Å². The van der Waals surface area contributed by atoms with Crippen LogP contribution in [-0.2, 0) is 6.54 Å². The second kappa shape index (κ2) is 5.31. The summed E-state index contributed by atoms with van der Waals surface area (Å²) < 4.78 is 16.1. The van der Waals surface area contributed by atoms with Crippen molar-refractivity contribution < 1.29 is 4.39 Å². The largest absolute Gasteiger partial charge is 0.334 e. The van der Waals surface area contributed by atoms with Gasteiger partial charge in [-0.25, -0.2) is 9.37 Å². The van der Waals surface area contributed by atoms with Crippen LogP contribution < -0.4 is 5.32 Å². The van der Waals surface area contributed by atoms with Crippen molar-refractivity contribution in [2.75, 3.05) is 7.05 Å². The SMILES string of the molecule is CCn1ccnc1C(NC)c1ccc(C)cc1F. The van der Waals surface area contributed by atoms with E-state index in [0.717, 1.165) is 17.9 Å². The van der Waals surface area contributed by atoms with E-state index in [1.165, 1.54) is 0 Å². The first kappa shape index (κ1) is 12.8. The number of hydrogen-bond acceptors (Lipinski definition) is 2. The van der Waals surface area contributed by atoms with Gasteiger partial charge in [0.2, 0.25) is 0 Å². The third-order valence-electron chi connectivity index (χ3n) is 3.10. The maximum atomic E-state index is 14.0. The molecule has 0 bridgehead atoms. The van der Waals surface area contributed by atoms with Crippen molar-refractivity contribution in [3.8, 4) is 0 Å². The fourth-order valence-corrected chi connectivity index (χ4v) is 2.14. The van der Waals surface area contributed by atoms with Crippen LogP contribution in [0.25, 0.3) is 0 Å². The first-order valence-corrected chi connectivity index (χ1v) is 6.11. The van der Waals surface area contributed by atoms with E-state index in [0.29, 0.717) is 5.56 Å². The van der Waals surface area contributed by atoms with Gasteiger partial charge in [0, 0.05) is 24.5 Å². The number of halogens is 1. The summed E-state index contributed by atoms with van der Waals surface area (Å²) in [5.41, 5.74) is 1.55. The van der Waals surface area contributed by atoms with E-state index in [-0.39, 0.29) is 11.9 Å². The highest BCUT2D eigenvalue weighted by Crippen LogP contribution is 2.23. The highest BCUT2D eigenvalue weighted by atomic mass is 19.1. The molecule has 0 aliphatic heterocycles. The second-order valence-electron chi connectivity index (χ2n) is 4.32. The Morgan fingerprint density at radius 3 is 2.83 bits per heavy atom. The summed E-state index contributed by atoms with van der Waals surface area (Å²) in [6.07, 6.45) is 3.65. The monoisotopic (exact) mass is 247 g/mol. The molecule has 18 heavy (non-hydrogen) atoms. The van der Waals surface area contributed by atoms with Gasteiger partial charge in [-0.3, -0.25) is 0 Å². The number of hydrogen-bond donors (Lipinski definition) is 1. The first-order chi connectivity index (χ1) is 8.67. The summed E-state index contributed by atoms with van der Waals surface area (Å²) in [5, 5.41) is 3.13. The molecule has 1 aromatic heterocycles. The van der Waals surface area contributed by atoms with Crippen LogP contribution in [0.15, 0.2) is 30.6 Å². The number of nitrogens with one attached hydrogen (secondary N) is 1. The zero-order valence-electron chi connectivity index (χ0n) is 10.9. The average Bonchev–Trinajstić information content (AvgIpc) is 2.81. The van der Waals surface area contributed by atoms with Crippen LogP contribution in [0.4, 0.5) is 4.39 Å². The van der Waals surface area contributed by atoms with Crippen LogP contribution >= 0.6 is 0 Å². The summed E-state index contributed by atoms with van der Waals surface area (Å²) in [4.78, 5) is 4.33. The van der Waals surface area contributed by atoms with Crippen molar-refractivity contribution in [1.82, 2.24) is 14.9 Å². The van der Waals surface area contributed by atoms with Gasteiger partial charge < -0.3 is 9.88 Å². The highest BCUT2D eigenvalue weighted by molar-refractivity contribution is 5.30. The van der Waals surface area contributed by atoms with Gasteiger partial charge in [0.1, 0.15) is 11.6 Å². The summed E-state index contributed by atoms with van der Waals surface area (Å²) in [6, 6.07) is 5.07. The molecular weight excluding hydrogens is 229 g/mol. The van der Waals surface area contributed by atoms with Gasteiger partial charge in [-0.2, -0.15) is 0 Å². The lowest BCUT2D eigenvalue weighted by Gasteiger charge is -2.18. The molecule has 4 heteroatoms. The van der Waals surface area contributed by atoms with Crippen molar-refractivity contribution in [2.24, 2.45) is 0 Å². The molecule has 1 unspecified atom stereocenters. The Morgan fingerprint density at radius 2 is 2.22 bits per heavy atom. The highest BCUT2D eigenvalue weighted by Gasteiger charge is 2.20. The molecule has 1 N–H and O–H groups in total. The number of benzene rings is 1. The zero-order valence-corrected chi connectivity index (χ0v) is 10.9. The van der Waals surface area contributed by atoms with Gasteiger partial charge >= 0.3 is 0 Å². The minimum absolute atomic E-state index is 0.194. The van der Waals surface area contributed by atoms with Crippen molar-refractivity contribution in [3.63, 3.8) is 0 Å². The van der Waals surface area contributed by atoms with E-state index in [1.54, 1.807) is 12.3 Å². The quantitative estimate of drug-likeness (QED) is 0.900. The number of imidazole rings is 1. The molecular formula is C14H18FN3. The number of nitrogens with zero attached hydrogens (tertiary/aromatic N) is 2. The summed E-state index contributed by atoms with van der Waals surface area (Å²) >= 11 is 0. The molecule has 1 heterocycles. The molecule has 96 valence electrons. The summed E-state index contributed by atoms with van der Waals surface area (Å²) in [7, 11) is 1.82. The maximum Gasteiger partial charge on any atom is 0.130 e. The number of aryl methyl sites for hydroxylation is 2. The molecule has 3 nitrogen and oxygen atoms in total. The lowest BCUT2D eigenvalue weighted by molar-refractivity contribution is 0.542. The van der Waals surface area contributed by atoms with Gasteiger partial charge in [0.05, 0.1) is 6.04 Å². The molecule has 2 rings (SSSR count). The van der Waals surface area contributed by atoms with Crippen LogP contribution in [0, 0.1) is 12.7 Å². The molecule has 0 radical (unpaired) electrons. The molecule has 0 saturated heterocycles. The van der Waals surface area contributed by atoms with Gasteiger partial charge in [0.15, 0.2) is 0 Å². The Hall–Kier alpha value is -1.68. The molecule has 2 aromatic rings. The van der Waals surface area contributed by atoms with Gasteiger partial charge in [-0.15, -0.1) is 0 Å². The normalized spacial score (nSPS) is 12.7. The lowest BCUT2D eigenvalue weighted by atomic mass is 10.0. The zero-order chi connectivity index (χ0) is 13.1. The van der Waals surface area contributed by atoms with E-state index in [9.17, 15) is 4.39 Å². The number of rotatable bonds is 4. The molecule has 0 aliphatic rings. The lowest BCUT2D eigenvalue weighted by Crippen LogP contribution is -2.23. The van der Waals surface area contributed by atoms with E-state index in [1.807, 2.05) is 43.8 Å². The third kappa shape index (κ3) is 2.29. The standard InChI is InChI=1S/C14H18FN3/c1-4-18-8-7-17-14(18)13(16-3)11-6-5-10(2)9-12(11)15/h5-9,13,16H,4H2,1-3H3. The van der Waals surface area contributed by atoms with Crippen LogP contribution in [0.2, 0.25) is 0 Å². The van der Waals surface area contributed by atoms with Crippen LogP contribution in [-0.4, -0.2) is 16.6 Å². The minimum atomic E-state index is -0.222.